The zero-order valence-corrected chi connectivity index (χ0v) is 4.78. The molecule has 42 valence electrons. The van der Waals surface area contributed by atoms with E-state index in [4.69, 9.17) is 10.2 Å². The van der Waals surface area contributed by atoms with Crippen LogP contribution in [0.2, 0.25) is 0 Å². The summed E-state index contributed by atoms with van der Waals surface area (Å²) < 4.78 is 0. The summed E-state index contributed by atoms with van der Waals surface area (Å²) in [6.07, 6.45) is 0. The van der Waals surface area contributed by atoms with Crippen molar-refractivity contribution in [3.8, 4) is 0 Å². The number of rotatable bonds is 0. The Bertz CT molecular complexity index is 36.5. The van der Waals surface area contributed by atoms with E-state index in [2.05, 4.69) is 12.2 Å². The van der Waals surface area contributed by atoms with Crippen molar-refractivity contribution in [1.29, 1.82) is 0 Å². The maximum absolute atomic E-state index is 8.70. The van der Waals surface area contributed by atoms with Crippen molar-refractivity contribution >= 4 is 17.5 Å². The van der Waals surface area contributed by atoms with Gasteiger partial charge >= 0.3 is 17.1 Å². The van der Waals surface area contributed by atoms with Gasteiger partial charge in [0.05, 0.1) is 0 Å². The van der Waals surface area contributed by atoms with E-state index in [-0.39, 0.29) is 23.2 Å². The molecule has 0 bridgehead atoms. The second kappa shape index (κ2) is 8.95. The fourth-order valence-corrected chi connectivity index (χ4v) is 0. The Morgan fingerprint density at radius 3 is 1.33 bits per heavy atom. The van der Waals surface area contributed by atoms with Crippen LogP contribution in [0.5, 0.6) is 0 Å². The summed E-state index contributed by atoms with van der Waals surface area (Å²) in [5, 5.41) is 15.9. The van der Waals surface area contributed by atoms with Crippen LogP contribution in [-0.4, -0.2) is 5.24 Å². The van der Waals surface area contributed by atoms with Gasteiger partial charge in [-0.3, -0.25) is 0 Å². The predicted molar refractivity (Wildman–Crippen MR) is 18.6 cm³/mol. The number of quaternary nitrogens is 1. The second-order valence-corrected chi connectivity index (χ2v) is 0.583. The van der Waals surface area contributed by atoms with Crippen LogP contribution in [0, 0.1) is 0 Å². The smallest absolute Gasteiger partial charge is 0.876 e. The van der Waals surface area contributed by atoms with E-state index >= 15 is 0 Å². The summed E-state index contributed by atoms with van der Waals surface area (Å²) in [6.45, 7) is 0. The van der Waals surface area contributed by atoms with Crippen molar-refractivity contribution < 1.29 is 27.3 Å². The summed E-state index contributed by atoms with van der Waals surface area (Å²) >= 11 is 3.43. The molecule has 0 heterocycles. The van der Waals surface area contributed by atoms with Gasteiger partial charge in [-0.25, -0.2) is 0 Å². The first-order chi connectivity index (χ1) is 1.73. The number of thiocarbonyl (C=S) groups is 1. The Labute approximate surface area is 51.4 Å². The fraction of sp³-hybridized carbons (Fsp3) is 0. The van der Waals surface area contributed by atoms with Crippen molar-refractivity contribution in [2.75, 3.05) is 0 Å². The SMILES string of the molecule is [Cu+].[NH4+].[O-]C([O-])=S. The van der Waals surface area contributed by atoms with Crippen LogP contribution < -0.4 is 16.4 Å². The van der Waals surface area contributed by atoms with Gasteiger partial charge in [-0.2, -0.15) is 0 Å². The summed E-state index contributed by atoms with van der Waals surface area (Å²) in [7, 11) is 0. The topological polar surface area (TPSA) is 82.6 Å². The third kappa shape index (κ3) is 1460. The van der Waals surface area contributed by atoms with Crippen molar-refractivity contribution in [3.05, 3.63) is 0 Å². The van der Waals surface area contributed by atoms with Gasteiger partial charge in [0.15, 0.2) is 0 Å². The first-order valence-electron chi connectivity index (χ1n) is 0.612. The quantitative estimate of drug-likeness (QED) is 0.339. The van der Waals surface area contributed by atoms with Gasteiger partial charge in [-0.15, -0.1) is 17.5 Å². The fourth-order valence-electron chi connectivity index (χ4n) is 0. The van der Waals surface area contributed by atoms with Gasteiger partial charge in [-0.05, 0) is 0 Å². The molecule has 0 amide bonds. The average Bonchev–Trinajstić information content (AvgIpc) is 0.811. The number of hydrogen-bond donors (Lipinski definition) is 1. The van der Waals surface area contributed by atoms with Crippen molar-refractivity contribution in [1.82, 2.24) is 6.15 Å². The Balaban J connectivity index is -0.0000000450. The van der Waals surface area contributed by atoms with Crippen LogP contribution in [0.15, 0.2) is 0 Å². The minimum Gasteiger partial charge on any atom is -0.876 e. The van der Waals surface area contributed by atoms with Crippen molar-refractivity contribution in [2.24, 2.45) is 0 Å². The van der Waals surface area contributed by atoms with Crippen molar-refractivity contribution in [2.45, 2.75) is 0 Å². The average molecular weight is 158 g/mol. The molecule has 0 unspecified atom stereocenters. The minimum absolute atomic E-state index is 0. The molecule has 4 N–H and O–H groups in total. The van der Waals surface area contributed by atoms with Gasteiger partial charge < -0.3 is 16.4 Å². The Morgan fingerprint density at radius 2 is 1.33 bits per heavy atom. The van der Waals surface area contributed by atoms with Crippen molar-refractivity contribution in [3.63, 3.8) is 0 Å². The molecular formula is CH4CuNO2S. The molecule has 5 heteroatoms. The molecule has 0 aliphatic carbocycles. The van der Waals surface area contributed by atoms with E-state index < -0.39 is 5.24 Å². The Kier molecular flexibility index (Phi) is 24.5. The molecule has 0 atom stereocenters. The molecule has 0 saturated heterocycles. The molecular weight excluding hydrogens is 154 g/mol. The molecule has 0 aromatic heterocycles. The normalized spacial score (nSPS) is 4.00. The van der Waals surface area contributed by atoms with E-state index in [0.717, 1.165) is 0 Å². The molecule has 0 aromatic rings. The van der Waals surface area contributed by atoms with Crippen LogP contribution in [0.3, 0.4) is 0 Å². The van der Waals surface area contributed by atoms with E-state index in [0.29, 0.717) is 0 Å². The van der Waals surface area contributed by atoms with Crippen LogP contribution >= 0.6 is 12.2 Å². The molecule has 0 saturated carbocycles. The maximum Gasteiger partial charge on any atom is 1.00 e. The van der Waals surface area contributed by atoms with Crippen LogP contribution in [-0.2, 0) is 17.1 Å². The Hall–Kier alpha value is 0.169. The van der Waals surface area contributed by atoms with E-state index in [1.54, 1.807) is 0 Å². The predicted octanol–water partition coefficient (Wildman–Crippen LogP) is -1.63. The van der Waals surface area contributed by atoms with E-state index in [1.807, 2.05) is 0 Å². The van der Waals surface area contributed by atoms with Gasteiger partial charge in [-0.1, -0.05) is 0 Å². The second-order valence-electron chi connectivity index (χ2n) is 0.250. The molecule has 0 radical (unpaired) electrons. The Morgan fingerprint density at radius 1 is 1.33 bits per heavy atom. The first kappa shape index (κ1) is 16.4. The molecule has 0 aliphatic heterocycles. The van der Waals surface area contributed by atoms with Crippen LogP contribution in [0.4, 0.5) is 0 Å². The van der Waals surface area contributed by atoms with E-state index in [1.165, 1.54) is 0 Å². The summed E-state index contributed by atoms with van der Waals surface area (Å²) in [5.41, 5.74) is 0. The summed E-state index contributed by atoms with van der Waals surface area (Å²) in [5.74, 6) is 0. The van der Waals surface area contributed by atoms with Crippen LogP contribution in [0.25, 0.3) is 0 Å². The molecule has 6 heavy (non-hydrogen) atoms. The molecule has 0 aliphatic rings. The molecule has 0 aromatic carbocycles. The zero-order chi connectivity index (χ0) is 3.58. The molecule has 3 nitrogen and oxygen atoms in total. The van der Waals surface area contributed by atoms with E-state index in [9.17, 15) is 0 Å². The van der Waals surface area contributed by atoms with Crippen LogP contribution in [0.1, 0.15) is 0 Å². The standard InChI is InChI=1S/CH2O2S.Cu.H3N/c2-1(3)4;;/h(H2,2,3,4);;1H3/q;+1;/p-1. The monoisotopic (exact) mass is 157 g/mol. The molecule has 0 rings (SSSR count). The summed E-state index contributed by atoms with van der Waals surface area (Å²) in [6, 6.07) is 0. The third-order valence-corrected chi connectivity index (χ3v) is 0. The maximum atomic E-state index is 8.70. The van der Waals surface area contributed by atoms with Gasteiger partial charge in [0.25, 0.3) is 0 Å². The summed E-state index contributed by atoms with van der Waals surface area (Å²) in [4.78, 5) is 0. The first-order valence-corrected chi connectivity index (χ1v) is 1.02. The zero-order valence-electron chi connectivity index (χ0n) is 3.03. The molecule has 0 spiro atoms. The molecule has 0 fully saturated rings. The number of hydrogen-bond acceptors (Lipinski definition) is 3. The third-order valence-electron chi connectivity index (χ3n) is 0. The minimum atomic E-state index is -1.50. The van der Waals surface area contributed by atoms with Gasteiger partial charge in [0.2, 0.25) is 0 Å². The van der Waals surface area contributed by atoms with Gasteiger partial charge in [0.1, 0.15) is 0 Å². The largest absolute Gasteiger partial charge is 1.00 e. The van der Waals surface area contributed by atoms with Gasteiger partial charge in [0, 0.05) is 0 Å².